The van der Waals surface area contributed by atoms with Gasteiger partial charge in [0.05, 0.1) is 7.11 Å². The van der Waals surface area contributed by atoms with Crippen LogP contribution in [0.15, 0.2) is 36.4 Å². The van der Waals surface area contributed by atoms with Crippen LogP contribution >= 0.6 is 0 Å². The molecule has 2 unspecified atom stereocenters. The molecule has 0 heterocycles. The summed E-state index contributed by atoms with van der Waals surface area (Å²) in [6, 6.07) is 8.58. The molecule has 0 fully saturated rings. The molecule has 0 saturated heterocycles. The van der Waals surface area contributed by atoms with Crippen LogP contribution in [0.1, 0.15) is 37.8 Å². The summed E-state index contributed by atoms with van der Waals surface area (Å²) in [6.07, 6.45) is 8.35. The van der Waals surface area contributed by atoms with Crippen molar-refractivity contribution in [2.24, 2.45) is 5.92 Å². The molecule has 0 amide bonds. The van der Waals surface area contributed by atoms with Gasteiger partial charge in [-0.15, -0.1) is 0 Å². The molecule has 1 N–H and O–H groups in total. The second-order valence-electron chi connectivity index (χ2n) is 5.02. The van der Waals surface area contributed by atoms with E-state index in [1.165, 1.54) is 24.8 Å². The molecule has 2 heteroatoms. The van der Waals surface area contributed by atoms with Gasteiger partial charge in [0.1, 0.15) is 5.75 Å². The lowest BCUT2D eigenvalue weighted by Gasteiger charge is -2.22. The minimum absolute atomic E-state index is 0.340. The van der Waals surface area contributed by atoms with Crippen molar-refractivity contribution in [3.05, 3.63) is 42.0 Å². The number of ether oxygens (including phenoxy) is 1. The first-order chi connectivity index (χ1) is 8.81. The molecule has 0 bridgehead atoms. The zero-order chi connectivity index (χ0) is 12.8. The lowest BCUT2D eigenvalue weighted by molar-refractivity contribution is 0.387. The average Bonchev–Trinajstić information content (AvgIpc) is 2.45. The van der Waals surface area contributed by atoms with Crippen LogP contribution in [0.25, 0.3) is 0 Å². The van der Waals surface area contributed by atoms with Crippen LogP contribution in [0.4, 0.5) is 0 Å². The second-order valence-corrected chi connectivity index (χ2v) is 5.02. The summed E-state index contributed by atoms with van der Waals surface area (Å²) in [5.74, 6) is 1.76. The van der Waals surface area contributed by atoms with Crippen LogP contribution in [-0.2, 0) is 0 Å². The Kier molecular flexibility index (Phi) is 4.82. The molecular weight excluding hydrogens is 222 g/mol. The van der Waals surface area contributed by atoms with Crippen molar-refractivity contribution in [2.75, 3.05) is 13.7 Å². The number of allylic oxidation sites excluding steroid dienone is 2. The molecule has 1 aliphatic carbocycles. The Morgan fingerprint density at radius 1 is 1.33 bits per heavy atom. The van der Waals surface area contributed by atoms with Crippen LogP contribution in [-0.4, -0.2) is 13.7 Å². The maximum atomic E-state index is 5.41. The number of rotatable bonds is 5. The Bertz CT molecular complexity index is 400. The lowest BCUT2D eigenvalue weighted by Crippen LogP contribution is -2.26. The molecule has 0 aliphatic heterocycles. The standard InChI is InChI=1S/C16H23NO/c1-13(15-10-6-7-11-16(15)18-2)17-12-14-8-4-3-5-9-14/h3-4,6-7,10-11,13-14,17H,5,8-9,12H2,1-2H3. The summed E-state index contributed by atoms with van der Waals surface area (Å²) in [6.45, 7) is 3.29. The molecular formula is C16H23NO. The van der Waals surface area contributed by atoms with Crippen molar-refractivity contribution in [3.63, 3.8) is 0 Å². The van der Waals surface area contributed by atoms with Gasteiger partial charge in [-0.2, -0.15) is 0 Å². The summed E-state index contributed by atoms with van der Waals surface area (Å²) < 4.78 is 5.41. The fourth-order valence-electron chi connectivity index (χ4n) is 2.52. The van der Waals surface area contributed by atoms with Gasteiger partial charge in [0.2, 0.25) is 0 Å². The molecule has 2 nitrogen and oxygen atoms in total. The van der Waals surface area contributed by atoms with Gasteiger partial charge in [0, 0.05) is 11.6 Å². The maximum absolute atomic E-state index is 5.41. The van der Waals surface area contributed by atoms with E-state index in [9.17, 15) is 0 Å². The summed E-state index contributed by atoms with van der Waals surface area (Å²) in [5.41, 5.74) is 1.24. The highest BCUT2D eigenvalue weighted by Crippen LogP contribution is 2.25. The topological polar surface area (TPSA) is 21.3 Å². The zero-order valence-electron chi connectivity index (χ0n) is 11.4. The Labute approximate surface area is 110 Å². The number of hydrogen-bond donors (Lipinski definition) is 1. The fourth-order valence-corrected chi connectivity index (χ4v) is 2.52. The van der Waals surface area contributed by atoms with E-state index in [4.69, 9.17) is 4.74 Å². The summed E-state index contributed by atoms with van der Waals surface area (Å²) >= 11 is 0. The molecule has 1 aliphatic rings. The number of benzene rings is 1. The predicted octanol–water partition coefficient (Wildman–Crippen LogP) is 3.70. The molecule has 0 saturated carbocycles. The van der Waals surface area contributed by atoms with Gasteiger partial charge in [-0.1, -0.05) is 30.4 Å². The first-order valence-corrected chi connectivity index (χ1v) is 6.82. The van der Waals surface area contributed by atoms with E-state index in [2.05, 4.69) is 36.5 Å². The third-order valence-corrected chi connectivity index (χ3v) is 3.70. The Morgan fingerprint density at radius 2 is 2.17 bits per heavy atom. The normalized spacial score (nSPS) is 20.7. The van der Waals surface area contributed by atoms with Crippen LogP contribution in [0.3, 0.4) is 0 Å². The van der Waals surface area contributed by atoms with Crippen molar-refractivity contribution < 1.29 is 4.74 Å². The molecule has 0 radical (unpaired) electrons. The lowest BCUT2D eigenvalue weighted by atomic mass is 9.94. The molecule has 2 atom stereocenters. The smallest absolute Gasteiger partial charge is 0.123 e. The van der Waals surface area contributed by atoms with Gasteiger partial charge in [-0.3, -0.25) is 0 Å². The van der Waals surface area contributed by atoms with Gasteiger partial charge in [0.25, 0.3) is 0 Å². The molecule has 98 valence electrons. The minimum atomic E-state index is 0.340. The number of methoxy groups -OCH3 is 1. The predicted molar refractivity (Wildman–Crippen MR) is 75.9 cm³/mol. The van der Waals surface area contributed by atoms with Crippen LogP contribution < -0.4 is 10.1 Å². The summed E-state index contributed by atoms with van der Waals surface area (Å²) in [7, 11) is 1.73. The summed E-state index contributed by atoms with van der Waals surface area (Å²) in [5, 5.41) is 3.63. The van der Waals surface area contributed by atoms with Gasteiger partial charge in [0.15, 0.2) is 0 Å². The number of hydrogen-bond acceptors (Lipinski definition) is 2. The van der Waals surface area contributed by atoms with Crippen LogP contribution in [0, 0.1) is 5.92 Å². The van der Waals surface area contributed by atoms with Gasteiger partial charge < -0.3 is 10.1 Å². The molecule has 1 aromatic rings. The quantitative estimate of drug-likeness (QED) is 0.799. The molecule has 1 aromatic carbocycles. The van der Waals surface area contributed by atoms with E-state index in [0.717, 1.165) is 18.2 Å². The van der Waals surface area contributed by atoms with E-state index in [1.54, 1.807) is 7.11 Å². The van der Waals surface area contributed by atoms with Crippen molar-refractivity contribution in [2.45, 2.75) is 32.2 Å². The largest absolute Gasteiger partial charge is 0.496 e. The van der Waals surface area contributed by atoms with Gasteiger partial charge in [-0.05, 0) is 44.7 Å². The van der Waals surface area contributed by atoms with E-state index in [-0.39, 0.29) is 0 Å². The minimum Gasteiger partial charge on any atom is -0.496 e. The van der Waals surface area contributed by atoms with Crippen molar-refractivity contribution in [3.8, 4) is 5.75 Å². The van der Waals surface area contributed by atoms with E-state index >= 15 is 0 Å². The highest BCUT2D eigenvalue weighted by molar-refractivity contribution is 5.35. The fraction of sp³-hybridized carbons (Fsp3) is 0.500. The molecule has 2 rings (SSSR count). The Morgan fingerprint density at radius 3 is 2.89 bits per heavy atom. The molecule has 0 spiro atoms. The Balaban J connectivity index is 1.90. The average molecular weight is 245 g/mol. The number of para-hydroxylation sites is 1. The molecule has 0 aromatic heterocycles. The first-order valence-electron chi connectivity index (χ1n) is 6.82. The SMILES string of the molecule is COc1ccccc1C(C)NCC1CC=CCC1. The highest BCUT2D eigenvalue weighted by atomic mass is 16.5. The third kappa shape index (κ3) is 3.36. The van der Waals surface area contributed by atoms with Crippen molar-refractivity contribution >= 4 is 0 Å². The second kappa shape index (κ2) is 6.60. The van der Waals surface area contributed by atoms with E-state index in [0.29, 0.717) is 6.04 Å². The van der Waals surface area contributed by atoms with Crippen LogP contribution in [0.5, 0.6) is 5.75 Å². The van der Waals surface area contributed by atoms with Crippen LogP contribution in [0.2, 0.25) is 0 Å². The summed E-state index contributed by atoms with van der Waals surface area (Å²) in [4.78, 5) is 0. The van der Waals surface area contributed by atoms with Gasteiger partial charge in [-0.25, -0.2) is 0 Å². The highest BCUT2D eigenvalue weighted by Gasteiger charge is 2.14. The number of nitrogens with one attached hydrogen (secondary N) is 1. The van der Waals surface area contributed by atoms with Crippen molar-refractivity contribution in [1.29, 1.82) is 0 Å². The van der Waals surface area contributed by atoms with Crippen molar-refractivity contribution in [1.82, 2.24) is 5.32 Å². The van der Waals surface area contributed by atoms with E-state index in [1.807, 2.05) is 12.1 Å². The van der Waals surface area contributed by atoms with E-state index < -0.39 is 0 Å². The zero-order valence-corrected chi connectivity index (χ0v) is 11.4. The van der Waals surface area contributed by atoms with Gasteiger partial charge >= 0.3 is 0 Å². The Hall–Kier alpha value is -1.28. The maximum Gasteiger partial charge on any atom is 0.123 e. The first kappa shape index (κ1) is 13.2. The molecule has 18 heavy (non-hydrogen) atoms. The monoisotopic (exact) mass is 245 g/mol. The third-order valence-electron chi connectivity index (χ3n) is 3.70.